The second kappa shape index (κ2) is 6.74. The molecule has 24 heavy (non-hydrogen) atoms. The summed E-state index contributed by atoms with van der Waals surface area (Å²) in [6, 6.07) is 9.67. The number of aromatic nitrogens is 2. The quantitative estimate of drug-likeness (QED) is 0.796. The fraction of sp³-hybridized carbons (Fsp3) is 0.353. The summed E-state index contributed by atoms with van der Waals surface area (Å²) in [5.41, 5.74) is 7.64. The molecule has 7 heteroatoms. The second-order valence-electron chi connectivity index (χ2n) is 5.87. The lowest BCUT2D eigenvalue weighted by molar-refractivity contribution is 0.186. The van der Waals surface area contributed by atoms with Gasteiger partial charge in [-0.05, 0) is 18.4 Å². The van der Waals surface area contributed by atoms with Crippen molar-refractivity contribution in [3.63, 3.8) is 0 Å². The Morgan fingerprint density at radius 1 is 1.42 bits per heavy atom. The highest BCUT2D eigenvalue weighted by molar-refractivity contribution is 5.75. The van der Waals surface area contributed by atoms with Crippen LogP contribution in [-0.2, 0) is 13.0 Å². The van der Waals surface area contributed by atoms with Crippen molar-refractivity contribution >= 4 is 12.0 Å². The lowest BCUT2D eigenvalue weighted by atomic mass is 10.0. The number of rotatable bonds is 3. The number of nitrogens with one attached hydrogen (secondary N) is 2. The summed E-state index contributed by atoms with van der Waals surface area (Å²) < 4.78 is 0. The zero-order chi connectivity index (χ0) is 17.1. The lowest BCUT2D eigenvalue weighted by Crippen LogP contribution is -2.45. The van der Waals surface area contributed by atoms with Crippen molar-refractivity contribution in [3.8, 4) is 0 Å². The number of fused-ring (bicyclic) bond motifs is 1. The number of carbonyl (C=O) groups is 1. The summed E-state index contributed by atoms with van der Waals surface area (Å²) in [6.07, 6.45) is 1.28. The van der Waals surface area contributed by atoms with Crippen LogP contribution in [0.25, 0.3) is 0 Å². The average molecular weight is 327 g/mol. The molecule has 126 valence electrons. The van der Waals surface area contributed by atoms with Gasteiger partial charge in [-0.1, -0.05) is 37.3 Å². The predicted octanol–water partition coefficient (Wildman–Crippen LogP) is 1.57. The predicted molar refractivity (Wildman–Crippen MR) is 91.4 cm³/mol. The standard InChI is InChI=1S/C17H21N5O2/c1-2-13(11-6-4-3-5-7-11)20-17(24)22-9-8-12-14(10-22)19-16(18)21-15(12)23/h3-7,13H,2,8-10H2,1H3,(H,20,24)(H3,18,19,21,23)/t13-/m0/s1. The summed E-state index contributed by atoms with van der Waals surface area (Å²) in [5.74, 6) is 0.0803. The van der Waals surface area contributed by atoms with E-state index in [-0.39, 0.29) is 23.6 Å². The smallest absolute Gasteiger partial charge is 0.318 e. The van der Waals surface area contributed by atoms with Gasteiger partial charge in [0, 0.05) is 12.1 Å². The Morgan fingerprint density at radius 2 is 2.17 bits per heavy atom. The number of urea groups is 1. The average Bonchev–Trinajstić information content (AvgIpc) is 2.59. The van der Waals surface area contributed by atoms with Crippen molar-refractivity contribution in [2.75, 3.05) is 12.3 Å². The van der Waals surface area contributed by atoms with Gasteiger partial charge in [-0.2, -0.15) is 0 Å². The largest absolute Gasteiger partial charge is 0.369 e. The minimum absolute atomic E-state index is 0.0442. The van der Waals surface area contributed by atoms with Crippen LogP contribution >= 0.6 is 0 Å². The molecular formula is C17H21N5O2. The Morgan fingerprint density at radius 3 is 2.88 bits per heavy atom. The fourth-order valence-electron chi connectivity index (χ4n) is 2.98. The summed E-state index contributed by atoms with van der Waals surface area (Å²) in [6.45, 7) is 2.81. The first-order valence-corrected chi connectivity index (χ1v) is 8.06. The molecule has 3 rings (SSSR count). The van der Waals surface area contributed by atoms with Crippen LogP contribution in [0.2, 0.25) is 0 Å². The van der Waals surface area contributed by atoms with Crippen LogP contribution < -0.4 is 16.6 Å². The Labute approximate surface area is 139 Å². The summed E-state index contributed by atoms with van der Waals surface area (Å²) in [4.78, 5) is 32.8. The molecule has 0 aliphatic carbocycles. The summed E-state index contributed by atoms with van der Waals surface area (Å²) in [5, 5.41) is 3.05. The van der Waals surface area contributed by atoms with Gasteiger partial charge < -0.3 is 16.0 Å². The number of anilines is 1. The fourth-order valence-corrected chi connectivity index (χ4v) is 2.98. The van der Waals surface area contributed by atoms with Gasteiger partial charge >= 0.3 is 6.03 Å². The molecule has 0 spiro atoms. The van der Waals surface area contributed by atoms with Crippen molar-refractivity contribution in [2.24, 2.45) is 0 Å². The van der Waals surface area contributed by atoms with Crippen LogP contribution in [0.3, 0.4) is 0 Å². The Kier molecular flexibility index (Phi) is 4.50. The van der Waals surface area contributed by atoms with Gasteiger partial charge in [-0.3, -0.25) is 9.78 Å². The number of H-pyrrole nitrogens is 1. The van der Waals surface area contributed by atoms with Gasteiger partial charge in [0.2, 0.25) is 5.95 Å². The van der Waals surface area contributed by atoms with Gasteiger partial charge in [0.1, 0.15) is 0 Å². The van der Waals surface area contributed by atoms with Gasteiger partial charge in [0.25, 0.3) is 5.56 Å². The van der Waals surface area contributed by atoms with E-state index in [0.29, 0.717) is 30.8 Å². The third-order valence-electron chi connectivity index (χ3n) is 4.29. The van der Waals surface area contributed by atoms with E-state index < -0.39 is 0 Å². The number of amides is 2. The number of benzene rings is 1. The number of nitrogen functional groups attached to an aromatic ring is 1. The number of aromatic amines is 1. The van der Waals surface area contributed by atoms with E-state index in [1.807, 2.05) is 37.3 Å². The van der Waals surface area contributed by atoms with E-state index in [1.54, 1.807) is 4.90 Å². The van der Waals surface area contributed by atoms with E-state index in [9.17, 15) is 9.59 Å². The van der Waals surface area contributed by atoms with Gasteiger partial charge in [-0.25, -0.2) is 9.78 Å². The molecule has 0 fully saturated rings. The molecule has 1 atom stereocenters. The van der Waals surface area contributed by atoms with Gasteiger partial charge in [-0.15, -0.1) is 0 Å². The van der Waals surface area contributed by atoms with Crippen LogP contribution in [0.5, 0.6) is 0 Å². The monoisotopic (exact) mass is 327 g/mol. The highest BCUT2D eigenvalue weighted by atomic mass is 16.2. The van der Waals surface area contributed by atoms with Crippen molar-refractivity contribution < 1.29 is 4.79 Å². The normalized spacial score (nSPS) is 14.8. The number of nitrogens with zero attached hydrogens (tertiary/aromatic N) is 2. The van der Waals surface area contributed by atoms with Crippen LogP contribution in [0.1, 0.15) is 36.2 Å². The molecule has 1 aliphatic heterocycles. The molecule has 1 aliphatic rings. The maximum absolute atomic E-state index is 12.6. The topological polar surface area (TPSA) is 104 Å². The van der Waals surface area contributed by atoms with Crippen molar-refractivity contribution in [1.29, 1.82) is 0 Å². The Balaban J connectivity index is 1.73. The summed E-state index contributed by atoms with van der Waals surface area (Å²) in [7, 11) is 0. The molecule has 0 saturated heterocycles. The van der Waals surface area contributed by atoms with Crippen molar-refractivity contribution in [1.82, 2.24) is 20.2 Å². The third-order valence-corrected chi connectivity index (χ3v) is 4.29. The highest BCUT2D eigenvalue weighted by Gasteiger charge is 2.25. The van der Waals surface area contributed by atoms with Crippen LogP contribution in [0.4, 0.5) is 10.7 Å². The van der Waals surface area contributed by atoms with Crippen LogP contribution in [0.15, 0.2) is 35.1 Å². The van der Waals surface area contributed by atoms with E-state index in [4.69, 9.17) is 5.73 Å². The molecule has 1 aromatic heterocycles. The van der Waals surface area contributed by atoms with Crippen LogP contribution in [0, 0.1) is 0 Å². The molecule has 0 unspecified atom stereocenters. The zero-order valence-electron chi connectivity index (χ0n) is 13.6. The van der Waals surface area contributed by atoms with Crippen molar-refractivity contribution in [2.45, 2.75) is 32.4 Å². The Hall–Kier alpha value is -2.83. The first kappa shape index (κ1) is 16.0. The zero-order valence-corrected chi connectivity index (χ0v) is 13.6. The molecule has 1 aromatic carbocycles. The first-order chi connectivity index (χ1) is 11.6. The maximum Gasteiger partial charge on any atom is 0.318 e. The molecule has 0 saturated carbocycles. The molecular weight excluding hydrogens is 306 g/mol. The first-order valence-electron chi connectivity index (χ1n) is 8.06. The second-order valence-corrected chi connectivity index (χ2v) is 5.87. The van der Waals surface area contributed by atoms with Gasteiger partial charge in [0.15, 0.2) is 0 Å². The Bertz CT molecular complexity index is 787. The summed E-state index contributed by atoms with van der Waals surface area (Å²) >= 11 is 0. The molecule has 7 nitrogen and oxygen atoms in total. The van der Waals surface area contributed by atoms with E-state index in [2.05, 4.69) is 15.3 Å². The molecule has 4 N–H and O–H groups in total. The lowest BCUT2D eigenvalue weighted by Gasteiger charge is -2.29. The van der Waals surface area contributed by atoms with Crippen LogP contribution in [-0.4, -0.2) is 27.4 Å². The molecule has 2 amide bonds. The number of carbonyl (C=O) groups excluding carboxylic acids is 1. The van der Waals surface area contributed by atoms with Crippen molar-refractivity contribution in [3.05, 3.63) is 57.5 Å². The maximum atomic E-state index is 12.6. The minimum Gasteiger partial charge on any atom is -0.369 e. The number of hydrogen-bond donors (Lipinski definition) is 3. The highest BCUT2D eigenvalue weighted by Crippen LogP contribution is 2.18. The van der Waals surface area contributed by atoms with Gasteiger partial charge in [0.05, 0.1) is 18.3 Å². The molecule has 2 heterocycles. The third kappa shape index (κ3) is 3.24. The van der Waals surface area contributed by atoms with E-state index in [0.717, 1.165) is 12.0 Å². The van der Waals surface area contributed by atoms with E-state index >= 15 is 0 Å². The SMILES string of the molecule is CC[C@H](NC(=O)N1CCc2c(nc(N)[nH]c2=O)C1)c1ccccc1. The molecule has 0 radical (unpaired) electrons. The number of nitrogens with two attached hydrogens (primary N) is 1. The van der Waals surface area contributed by atoms with E-state index in [1.165, 1.54) is 0 Å². The number of hydrogen-bond acceptors (Lipinski definition) is 4. The minimum atomic E-state index is -0.215. The molecule has 0 bridgehead atoms. The molecule has 2 aromatic rings.